The van der Waals surface area contributed by atoms with Gasteiger partial charge in [0.1, 0.15) is 6.54 Å². The summed E-state index contributed by atoms with van der Waals surface area (Å²) in [4.78, 5) is 27.7. The molecule has 32 heavy (non-hydrogen) atoms. The Morgan fingerprint density at radius 1 is 1.00 bits per heavy atom. The van der Waals surface area contributed by atoms with Crippen molar-refractivity contribution in [3.05, 3.63) is 59.7 Å². The van der Waals surface area contributed by atoms with E-state index in [9.17, 15) is 18.0 Å². The number of carbonyl (C=O) groups is 2. The maximum atomic E-state index is 13.0. The summed E-state index contributed by atoms with van der Waals surface area (Å²) in [5.41, 5.74) is 2.12. The number of amides is 2. The fraction of sp³-hybridized carbons (Fsp3) is 0.417. The van der Waals surface area contributed by atoms with Crippen molar-refractivity contribution in [3.8, 4) is 0 Å². The summed E-state index contributed by atoms with van der Waals surface area (Å²) in [7, 11) is -3.71. The van der Waals surface area contributed by atoms with Gasteiger partial charge in [-0.2, -0.15) is 0 Å². The van der Waals surface area contributed by atoms with Crippen molar-refractivity contribution in [1.29, 1.82) is 0 Å². The first-order valence-electron chi connectivity index (χ1n) is 10.9. The van der Waals surface area contributed by atoms with Crippen molar-refractivity contribution in [1.82, 2.24) is 4.90 Å². The van der Waals surface area contributed by atoms with Crippen molar-refractivity contribution < 1.29 is 18.0 Å². The Morgan fingerprint density at radius 2 is 1.62 bits per heavy atom. The lowest BCUT2D eigenvalue weighted by Crippen LogP contribution is -2.39. The highest BCUT2D eigenvalue weighted by Crippen LogP contribution is 2.29. The molecule has 172 valence electrons. The van der Waals surface area contributed by atoms with Crippen LogP contribution in [0.15, 0.2) is 48.5 Å². The molecular formula is C24H31N3O4S. The summed E-state index contributed by atoms with van der Waals surface area (Å²) in [5.74, 6) is -0.542. The van der Waals surface area contributed by atoms with Crippen LogP contribution < -0.4 is 9.62 Å². The summed E-state index contributed by atoms with van der Waals surface area (Å²) in [6.45, 7) is 4.97. The SMILES string of the molecule is CC(C)c1ccccc1N(CC(=O)Nc1ccccc1C(=O)N1CCCCC1)S(C)(=O)=O. The number of para-hydroxylation sites is 2. The molecule has 0 saturated carbocycles. The molecule has 0 bridgehead atoms. The smallest absolute Gasteiger partial charge is 0.255 e. The number of rotatable bonds is 7. The van der Waals surface area contributed by atoms with Gasteiger partial charge in [0.25, 0.3) is 5.91 Å². The van der Waals surface area contributed by atoms with Crippen LogP contribution in [-0.2, 0) is 14.8 Å². The van der Waals surface area contributed by atoms with Gasteiger partial charge in [-0.05, 0) is 48.9 Å². The summed E-state index contributed by atoms with van der Waals surface area (Å²) in [6, 6.07) is 14.0. The molecule has 2 aromatic carbocycles. The first-order valence-corrected chi connectivity index (χ1v) is 12.8. The first-order chi connectivity index (χ1) is 15.2. The Hall–Kier alpha value is -2.87. The van der Waals surface area contributed by atoms with E-state index in [4.69, 9.17) is 0 Å². The molecule has 1 fully saturated rings. The van der Waals surface area contributed by atoms with E-state index in [0.29, 0.717) is 30.0 Å². The van der Waals surface area contributed by atoms with Crippen LogP contribution in [0.1, 0.15) is 54.9 Å². The fourth-order valence-electron chi connectivity index (χ4n) is 3.95. The number of carbonyl (C=O) groups excluding carboxylic acids is 2. The molecule has 0 aromatic heterocycles. The molecule has 0 spiro atoms. The zero-order valence-corrected chi connectivity index (χ0v) is 19.7. The predicted octanol–water partition coefficient (Wildman–Crippen LogP) is 3.84. The van der Waals surface area contributed by atoms with Crippen LogP contribution in [0.3, 0.4) is 0 Å². The Kier molecular flexibility index (Phi) is 7.56. The summed E-state index contributed by atoms with van der Waals surface area (Å²) < 4.78 is 26.2. The standard InChI is InChI=1S/C24H31N3O4S/c1-18(2)19-11-6-8-14-22(19)27(32(3,30)31)17-23(28)25-21-13-7-5-12-20(21)24(29)26-15-9-4-10-16-26/h5-8,11-14,18H,4,9-10,15-17H2,1-3H3,(H,25,28). The topological polar surface area (TPSA) is 86.8 Å². The highest BCUT2D eigenvalue weighted by atomic mass is 32.2. The zero-order chi connectivity index (χ0) is 23.3. The number of nitrogens with zero attached hydrogens (tertiary/aromatic N) is 2. The van der Waals surface area contributed by atoms with E-state index in [-0.39, 0.29) is 18.4 Å². The monoisotopic (exact) mass is 457 g/mol. The average molecular weight is 458 g/mol. The van der Waals surface area contributed by atoms with Gasteiger partial charge in [-0.25, -0.2) is 8.42 Å². The van der Waals surface area contributed by atoms with E-state index >= 15 is 0 Å². The zero-order valence-electron chi connectivity index (χ0n) is 18.9. The number of hydrogen-bond acceptors (Lipinski definition) is 4. The molecule has 1 N–H and O–H groups in total. The van der Waals surface area contributed by atoms with E-state index in [2.05, 4.69) is 5.32 Å². The fourth-order valence-corrected chi connectivity index (χ4v) is 4.83. The second kappa shape index (κ2) is 10.2. The molecule has 1 saturated heterocycles. The lowest BCUT2D eigenvalue weighted by Gasteiger charge is -2.28. The van der Waals surface area contributed by atoms with Crippen LogP contribution in [0.5, 0.6) is 0 Å². The third-order valence-corrected chi connectivity index (χ3v) is 6.72. The van der Waals surface area contributed by atoms with E-state index in [1.54, 1.807) is 41.3 Å². The van der Waals surface area contributed by atoms with Gasteiger partial charge in [-0.3, -0.25) is 13.9 Å². The van der Waals surface area contributed by atoms with Crippen molar-refractivity contribution >= 4 is 33.2 Å². The number of sulfonamides is 1. The normalized spacial score (nSPS) is 14.3. The highest BCUT2D eigenvalue weighted by molar-refractivity contribution is 7.92. The van der Waals surface area contributed by atoms with Crippen LogP contribution >= 0.6 is 0 Å². The minimum absolute atomic E-state index is 0.0846. The van der Waals surface area contributed by atoms with E-state index in [0.717, 1.165) is 35.4 Å². The molecule has 8 heteroatoms. The van der Waals surface area contributed by atoms with Crippen LogP contribution in [0, 0.1) is 0 Å². The van der Waals surface area contributed by atoms with E-state index in [1.807, 2.05) is 26.0 Å². The molecule has 7 nitrogen and oxygen atoms in total. The summed E-state index contributed by atoms with van der Waals surface area (Å²) in [5, 5.41) is 2.76. The molecule has 0 aliphatic carbocycles. The number of nitrogens with one attached hydrogen (secondary N) is 1. The Balaban J connectivity index is 1.83. The van der Waals surface area contributed by atoms with Gasteiger partial charge in [0, 0.05) is 13.1 Å². The molecule has 3 rings (SSSR count). The van der Waals surface area contributed by atoms with E-state index in [1.165, 1.54) is 0 Å². The molecule has 1 heterocycles. The summed E-state index contributed by atoms with van der Waals surface area (Å²) in [6.07, 6.45) is 4.14. The van der Waals surface area contributed by atoms with Crippen molar-refractivity contribution in [2.24, 2.45) is 0 Å². The lowest BCUT2D eigenvalue weighted by atomic mass is 10.0. The van der Waals surface area contributed by atoms with Gasteiger partial charge in [0.2, 0.25) is 15.9 Å². The molecule has 2 aromatic rings. The van der Waals surface area contributed by atoms with Crippen molar-refractivity contribution in [2.45, 2.75) is 39.0 Å². The number of anilines is 2. The van der Waals surface area contributed by atoms with Gasteiger partial charge in [0.05, 0.1) is 23.2 Å². The first kappa shape index (κ1) is 23.8. The quantitative estimate of drug-likeness (QED) is 0.684. The highest BCUT2D eigenvalue weighted by Gasteiger charge is 2.25. The lowest BCUT2D eigenvalue weighted by molar-refractivity contribution is -0.114. The van der Waals surface area contributed by atoms with Crippen molar-refractivity contribution in [2.75, 3.05) is 35.5 Å². The van der Waals surface area contributed by atoms with Gasteiger partial charge < -0.3 is 10.2 Å². The number of piperidine rings is 1. The molecule has 1 aliphatic heterocycles. The molecule has 0 atom stereocenters. The van der Waals surface area contributed by atoms with Gasteiger partial charge in [-0.15, -0.1) is 0 Å². The summed E-state index contributed by atoms with van der Waals surface area (Å²) >= 11 is 0. The number of hydrogen-bond donors (Lipinski definition) is 1. The number of likely N-dealkylation sites (tertiary alicyclic amines) is 1. The van der Waals surface area contributed by atoms with Crippen LogP contribution in [0.2, 0.25) is 0 Å². The Morgan fingerprint density at radius 3 is 2.28 bits per heavy atom. The number of benzene rings is 2. The molecular weight excluding hydrogens is 426 g/mol. The Bertz CT molecular complexity index is 1080. The van der Waals surface area contributed by atoms with Gasteiger partial charge >= 0.3 is 0 Å². The van der Waals surface area contributed by atoms with Gasteiger partial charge in [0.15, 0.2) is 0 Å². The average Bonchev–Trinajstić information content (AvgIpc) is 2.77. The van der Waals surface area contributed by atoms with Crippen LogP contribution in [-0.4, -0.2) is 51.0 Å². The third kappa shape index (κ3) is 5.68. The second-order valence-electron chi connectivity index (χ2n) is 8.43. The minimum Gasteiger partial charge on any atom is -0.339 e. The third-order valence-electron chi connectivity index (χ3n) is 5.59. The Labute approximate surface area is 190 Å². The molecule has 2 amide bonds. The maximum Gasteiger partial charge on any atom is 0.255 e. The van der Waals surface area contributed by atoms with Crippen LogP contribution in [0.4, 0.5) is 11.4 Å². The van der Waals surface area contributed by atoms with E-state index < -0.39 is 15.9 Å². The largest absolute Gasteiger partial charge is 0.339 e. The minimum atomic E-state index is -3.71. The van der Waals surface area contributed by atoms with Crippen molar-refractivity contribution in [3.63, 3.8) is 0 Å². The van der Waals surface area contributed by atoms with Crippen LogP contribution in [0.25, 0.3) is 0 Å². The second-order valence-corrected chi connectivity index (χ2v) is 10.3. The molecule has 0 radical (unpaired) electrons. The molecule has 0 unspecified atom stereocenters. The molecule has 1 aliphatic rings. The predicted molar refractivity (Wildman–Crippen MR) is 128 cm³/mol. The van der Waals surface area contributed by atoms with Gasteiger partial charge in [-0.1, -0.05) is 44.2 Å². The maximum absolute atomic E-state index is 13.0.